The van der Waals surface area contributed by atoms with Crippen molar-refractivity contribution in [3.8, 4) is 11.5 Å². The highest BCUT2D eigenvalue weighted by molar-refractivity contribution is 7.16. The molecule has 7 heteroatoms. The minimum atomic E-state index is -0.280. The molecule has 1 aromatic heterocycles. The Morgan fingerprint density at radius 3 is 2.68 bits per heavy atom. The summed E-state index contributed by atoms with van der Waals surface area (Å²) in [6, 6.07) is 5.83. The lowest BCUT2D eigenvalue weighted by molar-refractivity contribution is 0.0934. The first-order valence-corrected chi connectivity index (χ1v) is 10.8. The first kappa shape index (κ1) is 19.1. The molecule has 0 aliphatic carbocycles. The Labute approximate surface area is 169 Å². The van der Waals surface area contributed by atoms with Gasteiger partial charge in [-0.1, -0.05) is 13.0 Å². The number of fused-ring (bicyclic) bond motifs is 3. The molecule has 1 aromatic carbocycles. The van der Waals surface area contributed by atoms with E-state index in [1.54, 1.807) is 11.3 Å². The van der Waals surface area contributed by atoms with E-state index in [9.17, 15) is 4.79 Å². The highest BCUT2D eigenvalue weighted by atomic mass is 32.1. The topological polar surface area (TPSA) is 62.8 Å². The van der Waals surface area contributed by atoms with E-state index >= 15 is 0 Å². The van der Waals surface area contributed by atoms with Gasteiger partial charge in [-0.2, -0.15) is 0 Å². The number of amides is 1. The Bertz CT molecular complexity index is 880. The van der Waals surface area contributed by atoms with Crippen molar-refractivity contribution < 1.29 is 14.3 Å². The summed E-state index contributed by atoms with van der Waals surface area (Å²) in [5.41, 5.74) is 3.00. The van der Waals surface area contributed by atoms with Gasteiger partial charge in [0.2, 0.25) is 0 Å². The Kier molecular flexibility index (Phi) is 5.46. The molecule has 1 amide bonds. The third-order valence-corrected chi connectivity index (χ3v) is 6.41. The van der Waals surface area contributed by atoms with Crippen LogP contribution in [0.3, 0.4) is 0 Å². The molecule has 2 aromatic rings. The SMILES string of the molecule is CCOc1ccc(C2NC(=O)c3c(sc4c3CCN(CC)C4)N2)cc1OCC. The van der Waals surface area contributed by atoms with Gasteiger partial charge in [0.25, 0.3) is 5.91 Å². The van der Waals surface area contributed by atoms with Crippen molar-refractivity contribution in [1.82, 2.24) is 10.2 Å². The first-order valence-electron chi connectivity index (χ1n) is 9.98. The van der Waals surface area contributed by atoms with Crippen molar-refractivity contribution in [2.24, 2.45) is 0 Å². The van der Waals surface area contributed by atoms with Gasteiger partial charge in [-0.25, -0.2) is 0 Å². The number of likely N-dealkylation sites (N-methyl/N-ethyl adjacent to an activating group) is 1. The van der Waals surface area contributed by atoms with Gasteiger partial charge in [0.05, 0.1) is 18.8 Å². The van der Waals surface area contributed by atoms with Crippen LogP contribution in [-0.4, -0.2) is 37.1 Å². The minimum absolute atomic E-state index is 0.00745. The summed E-state index contributed by atoms with van der Waals surface area (Å²) in [5.74, 6) is 1.43. The molecule has 0 bridgehead atoms. The molecule has 4 rings (SSSR count). The molecule has 2 aliphatic rings. The van der Waals surface area contributed by atoms with Crippen LogP contribution in [0.5, 0.6) is 11.5 Å². The Morgan fingerprint density at radius 1 is 1.14 bits per heavy atom. The van der Waals surface area contributed by atoms with Crippen molar-refractivity contribution in [3.05, 3.63) is 39.8 Å². The smallest absolute Gasteiger partial charge is 0.256 e. The largest absolute Gasteiger partial charge is 0.490 e. The second-order valence-electron chi connectivity index (χ2n) is 6.95. The number of ether oxygens (including phenoxy) is 2. The van der Waals surface area contributed by atoms with Crippen LogP contribution in [-0.2, 0) is 13.0 Å². The number of benzene rings is 1. The number of carbonyl (C=O) groups is 1. The molecule has 0 saturated carbocycles. The first-order chi connectivity index (χ1) is 13.6. The summed E-state index contributed by atoms with van der Waals surface area (Å²) in [7, 11) is 0. The molecule has 0 saturated heterocycles. The van der Waals surface area contributed by atoms with E-state index in [0.29, 0.717) is 19.0 Å². The quantitative estimate of drug-likeness (QED) is 0.771. The van der Waals surface area contributed by atoms with E-state index in [-0.39, 0.29) is 12.1 Å². The Morgan fingerprint density at radius 2 is 1.93 bits per heavy atom. The van der Waals surface area contributed by atoms with Gasteiger partial charge in [0.1, 0.15) is 11.2 Å². The molecule has 0 spiro atoms. The summed E-state index contributed by atoms with van der Waals surface area (Å²) in [6.45, 7) is 10.2. The standard InChI is InChI=1S/C21H27N3O3S/c1-4-24-10-9-14-17(12-24)28-21-18(14)20(25)22-19(23-21)13-7-8-15(26-5-2)16(11-13)27-6-3/h7-8,11,19,23H,4-6,9-10,12H2,1-3H3,(H,22,25). The van der Waals surface area contributed by atoms with E-state index in [4.69, 9.17) is 9.47 Å². The average molecular weight is 402 g/mol. The zero-order valence-corrected chi connectivity index (χ0v) is 17.4. The van der Waals surface area contributed by atoms with Gasteiger partial charge in [0.15, 0.2) is 11.5 Å². The van der Waals surface area contributed by atoms with Crippen LogP contribution in [0, 0.1) is 0 Å². The molecule has 0 fully saturated rings. The van der Waals surface area contributed by atoms with Crippen LogP contribution < -0.4 is 20.1 Å². The molecule has 1 atom stereocenters. The van der Waals surface area contributed by atoms with E-state index in [0.717, 1.165) is 47.9 Å². The number of carbonyl (C=O) groups excluding carboxylic acids is 1. The Balaban J connectivity index is 1.62. The highest BCUT2D eigenvalue weighted by Gasteiger charge is 2.33. The molecular weight excluding hydrogens is 374 g/mol. The zero-order valence-electron chi connectivity index (χ0n) is 16.6. The minimum Gasteiger partial charge on any atom is -0.490 e. The third kappa shape index (κ3) is 3.44. The average Bonchev–Trinajstić information content (AvgIpc) is 3.07. The lowest BCUT2D eigenvalue weighted by atomic mass is 10.0. The predicted octanol–water partition coefficient (Wildman–Crippen LogP) is 3.78. The monoisotopic (exact) mass is 401 g/mol. The normalized spacial score (nSPS) is 18.7. The van der Waals surface area contributed by atoms with Crippen LogP contribution in [0.25, 0.3) is 0 Å². The number of nitrogens with one attached hydrogen (secondary N) is 2. The fourth-order valence-corrected chi connectivity index (χ4v) is 5.17. The van der Waals surface area contributed by atoms with Crippen molar-refractivity contribution >= 4 is 22.2 Å². The maximum atomic E-state index is 12.9. The Hall–Kier alpha value is -2.25. The summed E-state index contributed by atoms with van der Waals surface area (Å²) in [5, 5.41) is 7.62. The van der Waals surface area contributed by atoms with Crippen molar-refractivity contribution in [1.29, 1.82) is 0 Å². The van der Waals surface area contributed by atoms with Gasteiger partial charge in [-0.3, -0.25) is 9.69 Å². The van der Waals surface area contributed by atoms with Crippen LogP contribution in [0.4, 0.5) is 5.00 Å². The van der Waals surface area contributed by atoms with Crippen molar-refractivity contribution in [2.75, 3.05) is 31.6 Å². The van der Waals surface area contributed by atoms with Gasteiger partial charge in [-0.15, -0.1) is 11.3 Å². The number of hydrogen-bond acceptors (Lipinski definition) is 6. The molecule has 3 heterocycles. The van der Waals surface area contributed by atoms with Crippen LogP contribution in [0.2, 0.25) is 0 Å². The number of nitrogens with zero attached hydrogens (tertiary/aromatic N) is 1. The van der Waals surface area contributed by atoms with E-state index < -0.39 is 0 Å². The van der Waals surface area contributed by atoms with Gasteiger partial charge in [0, 0.05) is 18.0 Å². The molecule has 0 radical (unpaired) electrons. The van der Waals surface area contributed by atoms with Crippen LogP contribution >= 0.6 is 11.3 Å². The van der Waals surface area contributed by atoms with Gasteiger partial charge >= 0.3 is 0 Å². The second kappa shape index (κ2) is 8.01. The van der Waals surface area contributed by atoms with Gasteiger partial charge < -0.3 is 20.1 Å². The predicted molar refractivity (Wildman–Crippen MR) is 112 cm³/mol. The van der Waals surface area contributed by atoms with E-state index in [2.05, 4.69) is 22.5 Å². The number of hydrogen-bond donors (Lipinski definition) is 2. The van der Waals surface area contributed by atoms with Gasteiger partial charge in [-0.05, 0) is 50.1 Å². The molecule has 2 aliphatic heterocycles. The second-order valence-corrected chi connectivity index (χ2v) is 8.05. The summed E-state index contributed by atoms with van der Waals surface area (Å²) >= 11 is 1.72. The summed E-state index contributed by atoms with van der Waals surface area (Å²) in [4.78, 5) is 16.6. The molecular formula is C21H27N3O3S. The number of thiophene rings is 1. The molecule has 150 valence electrons. The third-order valence-electron chi connectivity index (χ3n) is 5.26. The van der Waals surface area contributed by atoms with Crippen LogP contribution in [0.15, 0.2) is 18.2 Å². The van der Waals surface area contributed by atoms with E-state index in [1.807, 2.05) is 32.0 Å². The molecule has 28 heavy (non-hydrogen) atoms. The fraction of sp³-hybridized carbons (Fsp3) is 0.476. The molecule has 2 N–H and O–H groups in total. The highest BCUT2D eigenvalue weighted by Crippen LogP contribution is 2.41. The zero-order chi connectivity index (χ0) is 19.7. The maximum absolute atomic E-state index is 12.9. The van der Waals surface area contributed by atoms with E-state index in [1.165, 1.54) is 10.4 Å². The molecule has 6 nitrogen and oxygen atoms in total. The van der Waals surface area contributed by atoms with Crippen molar-refractivity contribution in [2.45, 2.75) is 39.9 Å². The maximum Gasteiger partial charge on any atom is 0.256 e. The summed E-state index contributed by atoms with van der Waals surface area (Å²) < 4.78 is 11.4. The van der Waals surface area contributed by atoms with Crippen molar-refractivity contribution in [3.63, 3.8) is 0 Å². The number of anilines is 1. The molecule has 1 unspecified atom stereocenters. The lowest BCUT2D eigenvalue weighted by Gasteiger charge is -2.28. The lowest BCUT2D eigenvalue weighted by Crippen LogP contribution is -2.38. The number of rotatable bonds is 6. The van der Waals surface area contributed by atoms with Crippen LogP contribution in [0.1, 0.15) is 53.3 Å². The summed E-state index contributed by atoms with van der Waals surface area (Å²) in [6.07, 6.45) is 0.657. The fourth-order valence-electron chi connectivity index (χ4n) is 3.85.